The second-order valence-corrected chi connectivity index (χ2v) is 7.44. The smallest absolute Gasteiger partial charge is 0.0551 e. The molecule has 1 saturated carbocycles. The standard InChI is InChI=1S/C18H21BrOS/c1-18-7-6-15(14-5-3-2-4-12(14)10-19)16(11-21)17(18)8-13(20)9-18/h2-5,11,13,17,20H,6-10H2,1H3/t13-,17+,18-/m1/s1. The summed E-state index contributed by atoms with van der Waals surface area (Å²) in [5.74, 6) is 0.414. The maximum absolute atomic E-state index is 10.1. The van der Waals surface area contributed by atoms with Crippen LogP contribution in [-0.4, -0.2) is 16.6 Å². The fourth-order valence-corrected chi connectivity index (χ4v) is 5.03. The lowest BCUT2D eigenvalue weighted by molar-refractivity contribution is 0.159. The number of thiocarbonyl (C=S) groups is 1. The summed E-state index contributed by atoms with van der Waals surface area (Å²) in [5.41, 5.74) is 5.56. The third-order valence-electron chi connectivity index (χ3n) is 5.33. The third-order valence-corrected chi connectivity index (χ3v) is 6.19. The lowest BCUT2D eigenvalue weighted by Gasteiger charge is -2.38. The highest BCUT2D eigenvalue weighted by Gasteiger charge is 2.47. The molecule has 0 radical (unpaired) electrons. The van der Waals surface area contributed by atoms with Crippen LogP contribution in [0, 0.1) is 11.3 Å². The average molecular weight is 365 g/mol. The summed E-state index contributed by atoms with van der Waals surface area (Å²) in [7, 11) is 0. The van der Waals surface area contributed by atoms with Gasteiger partial charge in [-0.15, -0.1) is 0 Å². The van der Waals surface area contributed by atoms with Crippen molar-refractivity contribution in [2.24, 2.45) is 11.3 Å². The van der Waals surface area contributed by atoms with Gasteiger partial charge in [0.15, 0.2) is 0 Å². The van der Waals surface area contributed by atoms with Crippen molar-refractivity contribution in [2.75, 3.05) is 0 Å². The molecular formula is C18H21BrOS. The molecule has 1 aromatic carbocycles. The molecule has 2 aliphatic rings. The fourth-order valence-electron chi connectivity index (χ4n) is 4.24. The third kappa shape index (κ3) is 2.64. The van der Waals surface area contributed by atoms with E-state index in [-0.39, 0.29) is 11.5 Å². The summed E-state index contributed by atoms with van der Waals surface area (Å²) < 4.78 is 0. The molecule has 1 fully saturated rings. The van der Waals surface area contributed by atoms with Gasteiger partial charge in [-0.2, -0.15) is 0 Å². The monoisotopic (exact) mass is 364 g/mol. The molecule has 3 heteroatoms. The lowest BCUT2D eigenvalue weighted by atomic mass is 9.66. The van der Waals surface area contributed by atoms with E-state index >= 15 is 0 Å². The molecule has 0 amide bonds. The Kier molecular flexibility index (Phi) is 4.35. The van der Waals surface area contributed by atoms with E-state index < -0.39 is 0 Å². The quantitative estimate of drug-likeness (QED) is 0.607. The van der Waals surface area contributed by atoms with E-state index in [1.54, 1.807) is 0 Å². The first-order valence-corrected chi connectivity index (χ1v) is 9.19. The molecule has 0 bridgehead atoms. The Morgan fingerprint density at radius 2 is 2.19 bits per heavy atom. The fraction of sp³-hybridized carbons (Fsp3) is 0.500. The van der Waals surface area contributed by atoms with Crippen LogP contribution in [0.15, 0.2) is 29.8 Å². The van der Waals surface area contributed by atoms with Gasteiger partial charge in [0.1, 0.15) is 0 Å². The topological polar surface area (TPSA) is 20.2 Å². The zero-order valence-electron chi connectivity index (χ0n) is 12.3. The normalized spacial score (nSPS) is 32.1. The van der Waals surface area contributed by atoms with Gasteiger partial charge in [-0.1, -0.05) is 59.3 Å². The Morgan fingerprint density at radius 1 is 1.43 bits per heavy atom. The summed E-state index contributed by atoms with van der Waals surface area (Å²) in [4.78, 5) is 0. The molecule has 112 valence electrons. The van der Waals surface area contributed by atoms with Crippen LogP contribution in [0.3, 0.4) is 0 Å². The van der Waals surface area contributed by atoms with Crippen molar-refractivity contribution in [2.45, 2.75) is 44.0 Å². The predicted molar refractivity (Wildman–Crippen MR) is 95.7 cm³/mol. The average Bonchev–Trinajstić information content (AvgIpc) is 2.80. The molecule has 0 unspecified atom stereocenters. The first-order valence-electron chi connectivity index (χ1n) is 7.59. The van der Waals surface area contributed by atoms with Crippen molar-refractivity contribution in [1.29, 1.82) is 0 Å². The van der Waals surface area contributed by atoms with Crippen LogP contribution in [0.5, 0.6) is 0 Å². The van der Waals surface area contributed by atoms with Crippen LogP contribution in [-0.2, 0) is 5.33 Å². The van der Waals surface area contributed by atoms with Crippen LogP contribution in [0.1, 0.15) is 43.7 Å². The molecule has 3 rings (SSSR count). The number of allylic oxidation sites excluding steroid dienone is 2. The SMILES string of the molecule is C[C@]12CCC(c3ccccc3CBr)=C(C=S)[C@@H]1C[C@@H](O)C2. The van der Waals surface area contributed by atoms with Crippen molar-refractivity contribution < 1.29 is 5.11 Å². The molecule has 1 N–H and O–H groups in total. The summed E-state index contributed by atoms with van der Waals surface area (Å²) in [5, 5.41) is 12.9. The van der Waals surface area contributed by atoms with Crippen LogP contribution in [0.25, 0.3) is 5.57 Å². The van der Waals surface area contributed by atoms with Gasteiger partial charge in [0.05, 0.1) is 6.10 Å². The number of aliphatic hydroxyl groups is 1. The summed E-state index contributed by atoms with van der Waals surface area (Å²) in [6.07, 6.45) is 3.81. The predicted octanol–water partition coefficient (Wildman–Crippen LogP) is 4.91. The molecule has 0 saturated heterocycles. The zero-order chi connectivity index (χ0) is 15.0. The minimum absolute atomic E-state index is 0.171. The van der Waals surface area contributed by atoms with Crippen molar-refractivity contribution >= 4 is 39.1 Å². The Labute approximate surface area is 140 Å². The van der Waals surface area contributed by atoms with Gasteiger partial charge in [0, 0.05) is 10.7 Å². The Hall–Kier alpha value is -0.510. The molecule has 21 heavy (non-hydrogen) atoms. The second-order valence-electron chi connectivity index (χ2n) is 6.64. The van der Waals surface area contributed by atoms with Crippen LogP contribution in [0.4, 0.5) is 0 Å². The number of alkyl halides is 1. The van der Waals surface area contributed by atoms with E-state index in [1.807, 2.05) is 5.37 Å². The maximum Gasteiger partial charge on any atom is 0.0551 e. The molecule has 1 aromatic rings. The zero-order valence-corrected chi connectivity index (χ0v) is 14.7. The van der Waals surface area contributed by atoms with E-state index in [4.69, 9.17) is 12.2 Å². The lowest BCUT2D eigenvalue weighted by Crippen LogP contribution is -2.28. The largest absolute Gasteiger partial charge is 0.393 e. The minimum Gasteiger partial charge on any atom is -0.393 e. The Bertz CT molecular complexity index is 595. The summed E-state index contributed by atoms with van der Waals surface area (Å²) in [6.45, 7) is 2.32. The molecule has 2 aliphatic carbocycles. The summed E-state index contributed by atoms with van der Waals surface area (Å²) in [6, 6.07) is 8.57. The van der Waals surface area contributed by atoms with Gasteiger partial charge in [-0.25, -0.2) is 0 Å². The Balaban J connectivity index is 2.11. The van der Waals surface area contributed by atoms with Crippen molar-refractivity contribution in [1.82, 2.24) is 0 Å². The minimum atomic E-state index is -0.171. The van der Waals surface area contributed by atoms with Gasteiger partial charge >= 0.3 is 0 Å². The second kappa shape index (κ2) is 5.94. The van der Waals surface area contributed by atoms with Crippen molar-refractivity contribution in [3.05, 3.63) is 41.0 Å². The van der Waals surface area contributed by atoms with Crippen LogP contribution in [0.2, 0.25) is 0 Å². The van der Waals surface area contributed by atoms with E-state index in [2.05, 4.69) is 47.1 Å². The first kappa shape index (κ1) is 15.4. The van der Waals surface area contributed by atoms with Gasteiger partial charge in [0.2, 0.25) is 0 Å². The Morgan fingerprint density at radius 3 is 2.90 bits per heavy atom. The van der Waals surface area contributed by atoms with Gasteiger partial charge in [-0.05, 0) is 59.3 Å². The molecule has 1 nitrogen and oxygen atoms in total. The molecule has 3 atom stereocenters. The van der Waals surface area contributed by atoms with Crippen molar-refractivity contribution in [3.63, 3.8) is 0 Å². The number of fused-ring (bicyclic) bond motifs is 1. The number of hydrogen-bond acceptors (Lipinski definition) is 2. The van der Waals surface area contributed by atoms with Crippen molar-refractivity contribution in [3.8, 4) is 0 Å². The van der Waals surface area contributed by atoms with E-state index in [0.717, 1.165) is 31.0 Å². The maximum atomic E-state index is 10.1. The summed E-state index contributed by atoms with van der Waals surface area (Å²) >= 11 is 8.96. The number of aliphatic hydroxyl groups excluding tert-OH is 1. The highest BCUT2D eigenvalue weighted by Crippen LogP contribution is 2.55. The number of halogens is 1. The van der Waals surface area contributed by atoms with Gasteiger partial charge in [0.25, 0.3) is 0 Å². The number of rotatable bonds is 3. The molecule has 0 heterocycles. The highest BCUT2D eigenvalue weighted by atomic mass is 79.9. The molecular weight excluding hydrogens is 344 g/mol. The molecule has 0 aromatic heterocycles. The van der Waals surface area contributed by atoms with Crippen LogP contribution >= 0.6 is 28.1 Å². The van der Waals surface area contributed by atoms with Crippen LogP contribution < -0.4 is 0 Å². The van der Waals surface area contributed by atoms with Gasteiger partial charge < -0.3 is 5.11 Å². The number of benzene rings is 1. The first-order chi connectivity index (χ1) is 10.1. The molecule has 0 spiro atoms. The van der Waals surface area contributed by atoms with E-state index in [9.17, 15) is 5.11 Å². The van der Waals surface area contributed by atoms with E-state index in [0.29, 0.717) is 5.92 Å². The molecule has 0 aliphatic heterocycles. The van der Waals surface area contributed by atoms with Gasteiger partial charge in [-0.3, -0.25) is 0 Å². The number of hydrogen-bond donors (Lipinski definition) is 1. The van der Waals surface area contributed by atoms with E-state index in [1.165, 1.54) is 22.3 Å². The highest BCUT2D eigenvalue weighted by molar-refractivity contribution is 9.08.